The minimum atomic E-state index is 0.314. The fourth-order valence-electron chi connectivity index (χ4n) is 2.33. The van der Waals surface area contributed by atoms with Crippen LogP contribution in [-0.2, 0) is 6.42 Å². The Kier molecular flexibility index (Phi) is 3.80. The number of nitrogens with zero attached hydrogens (tertiary/aromatic N) is 2. The fraction of sp³-hybridized carbons (Fsp3) is 0.533. The molecule has 0 fully saturated rings. The van der Waals surface area contributed by atoms with E-state index >= 15 is 0 Å². The molecule has 104 valence electrons. The first kappa shape index (κ1) is 13.9. The van der Waals surface area contributed by atoms with E-state index in [1.165, 1.54) is 0 Å². The molecule has 0 aliphatic carbocycles. The van der Waals surface area contributed by atoms with E-state index in [2.05, 4.69) is 42.6 Å². The Morgan fingerprint density at radius 3 is 2.89 bits per heavy atom. The number of fused-ring (bicyclic) bond motifs is 1. The van der Waals surface area contributed by atoms with Crippen molar-refractivity contribution in [1.29, 1.82) is 0 Å². The number of aromatic nitrogens is 1. The van der Waals surface area contributed by atoms with Crippen LogP contribution in [0.25, 0.3) is 0 Å². The van der Waals surface area contributed by atoms with E-state index < -0.39 is 0 Å². The van der Waals surface area contributed by atoms with Crippen LogP contribution >= 0.6 is 0 Å². The summed E-state index contributed by atoms with van der Waals surface area (Å²) >= 11 is 0. The number of hydrogen-bond donors (Lipinski definition) is 2. The van der Waals surface area contributed by atoms with Crippen molar-refractivity contribution in [2.75, 3.05) is 30.3 Å². The summed E-state index contributed by atoms with van der Waals surface area (Å²) in [6, 6.07) is 2.02. The Labute approximate surface area is 115 Å². The van der Waals surface area contributed by atoms with Gasteiger partial charge >= 0.3 is 0 Å². The molecule has 2 rings (SSSR count). The highest BCUT2D eigenvalue weighted by Gasteiger charge is 2.24. The molecule has 1 aliphatic rings. The van der Waals surface area contributed by atoms with Gasteiger partial charge in [0.15, 0.2) is 0 Å². The van der Waals surface area contributed by atoms with Crippen LogP contribution in [0.4, 0.5) is 11.5 Å². The van der Waals surface area contributed by atoms with Crippen molar-refractivity contribution in [2.45, 2.75) is 27.2 Å². The Balaban J connectivity index is 1.96. The minimum absolute atomic E-state index is 0.314. The molecule has 1 aromatic heterocycles. The van der Waals surface area contributed by atoms with Crippen molar-refractivity contribution in [2.24, 2.45) is 5.41 Å². The number of rotatable bonds is 4. The Hall–Kier alpha value is -1.55. The van der Waals surface area contributed by atoms with E-state index in [4.69, 9.17) is 5.73 Å². The van der Waals surface area contributed by atoms with Crippen LogP contribution in [-0.4, -0.2) is 24.6 Å². The van der Waals surface area contributed by atoms with Gasteiger partial charge in [-0.2, -0.15) is 0 Å². The maximum absolute atomic E-state index is 5.91. The molecule has 2 heterocycles. The van der Waals surface area contributed by atoms with Crippen molar-refractivity contribution in [3.63, 3.8) is 0 Å². The third-order valence-electron chi connectivity index (χ3n) is 3.29. The molecule has 0 amide bonds. The highest BCUT2D eigenvalue weighted by Crippen LogP contribution is 2.35. The van der Waals surface area contributed by atoms with Gasteiger partial charge in [-0.25, -0.2) is 4.98 Å². The Bertz CT molecular complexity index is 474. The van der Waals surface area contributed by atoms with Gasteiger partial charge in [0.05, 0.1) is 0 Å². The third-order valence-corrected chi connectivity index (χ3v) is 3.29. The number of hydrogen-bond acceptors (Lipinski definition) is 4. The molecule has 4 nitrogen and oxygen atoms in total. The van der Waals surface area contributed by atoms with E-state index in [9.17, 15) is 0 Å². The normalized spacial score (nSPS) is 14.9. The topological polar surface area (TPSA) is 54.2 Å². The number of allylic oxidation sites excluding steroid dienone is 1. The van der Waals surface area contributed by atoms with E-state index in [1.54, 1.807) is 6.20 Å². The van der Waals surface area contributed by atoms with Crippen molar-refractivity contribution < 1.29 is 0 Å². The van der Waals surface area contributed by atoms with E-state index in [-0.39, 0.29) is 0 Å². The summed E-state index contributed by atoms with van der Waals surface area (Å²) in [4.78, 5) is 6.38. The van der Waals surface area contributed by atoms with Gasteiger partial charge in [-0.05, 0) is 11.5 Å². The highest BCUT2D eigenvalue weighted by atomic mass is 15.2. The number of nitrogen functional groups attached to an aromatic ring is 1. The summed E-state index contributed by atoms with van der Waals surface area (Å²) in [5.41, 5.74) is 9.61. The van der Waals surface area contributed by atoms with Gasteiger partial charge < -0.3 is 16.0 Å². The first-order valence-corrected chi connectivity index (χ1v) is 6.78. The predicted molar refractivity (Wildman–Crippen MR) is 81.2 cm³/mol. The van der Waals surface area contributed by atoms with E-state index in [0.717, 1.165) is 43.0 Å². The molecule has 0 radical (unpaired) electrons. The van der Waals surface area contributed by atoms with Gasteiger partial charge in [0, 0.05) is 49.2 Å². The lowest BCUT2D eigenvalue weighted by atomic mass is 9.97. The Morgan fingerprint density at radius 2 is 2.21 bits per heavy atom. The smallest absolute Gasteiger partial charge is 0.129 e. The van der Waals surface area contributed by atoms with E-state index in [1.807, 2.05) is 6.07 Å². The standard InChI is InChI=1S/C15H24N4/c1-11-9-12-13(5-6-18-14(12)16)19(11)8-7-17-10-15(2,3)4/h5-6,17H,1,7-10H2,2-4H3,(H2,16,18). The van der Waals surface area contributed by atoms with Gasteiger partial charge in [0.25, 0.3) is 0 Å². The summed E-state index contributed by atoms with van der Waals surface area (Å²) < 4.78 is 0. The molecular formula is C15H24N4. The predicted octanol–water partition coefficient (Wildman–Crippen LogP) is 2.18. The van der Waals surface area contributed by atoms with Crippen LogP contribution in [0.2, 0.25) is 0 Å². The highest BCUT2D eigenvalue weighted by molar-refractivity contribution is 5.70. The SMILES string of the molecule is C=C1Cc2c(ccnc2N)N1CCNCC(C)(C)C. The largest absolute Gasteiger partial charge is 0.383 e. The van der Waals surface area contributed by atoms with Crippen LogP contribution in [0.15, 0.2) is 24.5 Å². The number of anilines is 2. The maximum atomic E-state index is 5.91. The zero-order valence-corrected chi connectivity index (χ0v) is 12.2. The van der Waals surface area contributed by atoms with Crippen LogP contribution < -0.4 is 16.0 Å². The molecule has 0 bridgehead atoms. The lowest BCUT2D eigenvalue weighted by molar-refractivity contribution is 0.382. The van der Waals surface area contributed by atoms with Crippen LogP contribution in [0.1, 0.15) is 26.3 Å². The average molecular weight is 260 g/mol. The zero-order chi connectivity index (χ0) is 14.0. The molecule has 0 aromatic carbocycles. The second kappa shape index (κ2) is 5.21. The summed E-state index contributed by atoms with van der Waals surface area (Å²) in [6.45, 7) is 13.7. The van der Waals surface area contributed by atoms with Crippen LogP contribution in [0, 0.1) is 5.41 Å². The molecule has 0 atom stereocenters. The molecule has 0 unspecified atom stereocenters. The van der Waals surface area contributed by atoms with Crippen molar-refractivity contribution >= 4 is 11.5 Å². The first-order chi connectivity index (χ1) is 8.88. The van der Waals surface area contributed by atoms with Crippen molar-refractivity contribution in [1.82, 2.24) is 10.3 Å². The number of nitrogens with two attached hydrogens (primary N) is 1. The van der Waals surface area contributed by atoms with Crippen molar-refractivity contribution in [3.8, 4) is 0 Å². The van der Waals surface area contributed by atoms with Gasteiger partial charge in [-0.1, -0.05) is 27.4 Å². The zero-order valence-electron chi connectivity index (χ0n) is 12.2. The minimum Gasteiger partial charge on any atom is -0.383 e. The summed E-state index contributed by atoms with van der Waals surface area (Å²) in [7, 11) is 0. The molecule has 1 aliphatic heterocycles. The fourth-order valence-corrected chi connectivity index (χ4v) is 2.33. The second-order valence-corrected chi connectivity index (χ2v) is 6.33. The Morgan fingerprint density at radius 1 is 1.47 bits per heavy atom. The summed E-state index contributed by atoms with van der Waals surface area (Å²) in [6.07, 6.45) is 2.58. The van der Waals surface area contributed by atoms with Gasteiger partial charge in [0.1, 0.15) is 5.82 Å². The van der Waals surface area contributed by atoms with Crippen molar-refractivity contribution in [3.05, 3.63) is 30.1 Å². The second-order valence-electron chi connectivity index (χ2n) is 6.33. The molecule has 0 spiro atoms. The molecular weight excluding hydrogens is 236 g/mol. The molecule has 19 heavy (non-hydrogen) atoms. The number of pyridine rings is 1. The molecule has 1 aromatic rings. The monoisotopic (exact) mass is 260 g/mol. The molecule has 0 saturated carbocycles. The lowest BCUT2D eigenvalue weighted by Gasteiger charge is -2.23. The van der Waals surface area contributed by atoms with Gasteiger partial charge in [-0.3, -0.25) is 0 Å². The van der Waals surface area contributed by atoms with Crippen LogP contribution in [0.5, 0.6) is 0 Å². The lowest BCUT2D eigenvalue weighted by Crippen LogP contribution is -2.34. The van der Waals surface area contributed by atoms with Gasteiger partial charge in [-0.15, -0.1) is 0 Å². The molecule has 4 heteroatoms. The van der Waals surface area contributed by atoms with E-state index in [0.29, 0.717) is 11.2 Å². The van der Waals surface area contributed by atoms with Gasteiger partial charge in [0.2, 0.25) is 0 Å². The summed E-state index contributed by atoms with van der Waals surface area (Å²) in [5.74, 6) is 0.629. The van der Waals surface area contributed by atoms with Crippen LogP contribution in [0.3, 0.4) is 0 Å². The molecule has 0 saturated heterocycles. The average Bonchev–Trinajstić information content (AvgIpc) is 2.62. The summed E-state index contributed by atoms with van der Waals surface area (Å²) in [5, 5.41) is 3.49. The third kappa shape index (κ3) is 3.26. The first-order valence-electron chi connectivity index (χ1n) is 6.78. The molecule has 3 N–H and O–H groups in total. The quantitative estimate of drug-likeness (QED) is 0.815. The maximum Gasteiger partial charge on any atom is 0.129 e. The number of nitrogens with one attached hydrogen (secondary N) is 1.